The number of nitrogens with zero attached hydrogens (tertiary/aromatic N) is 3. The Morgan fingerprint density at radius 2 is 1.97 bits per heavy atom. The van der Waals surface area contributed by atoms with E-state index in [1.54, 1.807) is 13.8 Å². The van der Waals surface area contributed by atoms with Gasteiger partial charge in [-0.15, -0.1) is 0 Å². The predicted molar refractivity (Wildman–Crippen MR) is 119 cm³/mol. The Hall–Kier alpha value is -1.80. The second kappa shape index (κ2) is 10.3. The number of aliphatic imine (C=N–C) groups is 1. The van der Waals surface area contributed by atoms with Gasteiger partial charge in [-0.2, -0.15) is 0 Å². The molecule has 164 valence electrons. The van der Waals surface area contributed by atoms with Crippen molar-refractivity contribution < 1.29 is 13.2 Å². The Morgan fingerprint density at radius 1 is 1.28 bits per heavy atom. The second-order valence-electron chi connectivity index (χ2n) is 8.32. The molecule has 2 rings (SSSR count). The summed E-state index contributed by atoms with van der Waals surface area (Å²) in [5, 5.41) is 3.29. The minimum atomic E-state index is -3.07. The van der Waals surface area contributed by atoms with Gasteiger partial charge < -0.3 is 19.9 Å². The Morgan fingerprint density at radius 3 is 2.55 bits per heavy atom. The summed E-state index contributed by atoms with van der Waals surface area (Å²) < 4.78 is 29.5. The van der Waals surface area contributed by atoms with Crippen LogP contribution < -0.4 is 10.1 Å². The maximum Gasteiger partial charge on any atom is 0.194 e. The molecule has 0 unspecified atom stereocenters. The van der Waals surface area contributed by atoms with Gasteiger partial charge in [0.15, 0.2) is 15.8 Å². The summed E-state index contributed by atoms with van der Waals surface area (Å²) in [6, 6.07) is 8.01. The molecule has 0 aliphatic carbocycles. The van der Waals surface area contributed by atoms with Crippen LogP contribution in [-0.4, -0.2) is 81.6 Å². The lowest BCUT2D eigenvalue weighted by atomic mass is 10.2. The summed E-state index contributed by atoms with van der Waals surface area (Å²) in [4.78, 5) is 8.93. The average Bonchev–Trinajstić information content (AvgIpc) is 2.65. The van der Waals surface area contributed by atoms with Crippen molar-refractivity contribution in [2.24, 2.45) is 4.99 Å². The molecule has 1 N–H and O–H groups in total. The Bertz CT molecular complexity index is 774. The van der Waals surface area contributed by atoms with Crippen LogP contribution in [0.1, 0.15) is 32.8 Å². The maximum absolute atomic E-state index is 12.3. The van der Waals surface area contributed by atoms with Crippen LogP contribution in [0.2, 0.25) is 0 Å². The van der Waals surface area contributed by atoms with Crippen LogP contribution in [0.15, 0.2) is 29.3 Å². The lowest BCUT2D eigenvalue weighted by Gasteiger charge is -2.39. The van der Waals surface area contributed by atoms with Gasteiger partial charge in [-0.3, -0.25) is 0 Å². The molecule has 0 atom stereocenters. The summed E-state index contributed by atoms with van der Waals surface area (Å²) in [6.07, 6.45) is 0.993. The first-order valence-electron chi connectivity index (χ1n) is 10.3. The Labute approximate surface area is 176 Å². The van der Waals surface area contributed by atoms with E-state index < -0.39 is 14.6 Å². The zero-order valence-corrected chi connectivity index (χ0v) is 19.3. The Balaban J connectivity index is 1.96. The van der Waals surface area contributed by atoms with E-state index in [2.05, 4.69) is 24.3 Å². The minimum absolute atomic E-state index is 0.157. The van der Waals surface area contributed by atoms with E-state index in [0.717, 1.165) is 36.8 Å². The molecule has 0 aromatic heterocycles. The van der Waals surface area contributed by atoms with Crippen LogP contribution in [0, 0.1) is 0 Å². The molecule has 1 heterocycles. The summed E-state index contributed by atoms with van der Waals surface area (Å²) >= 11 is 0. The van der Waals surface area contributed by atoms with Crippen LogP contribution in [0.5, 0.6) is 5.75 Å². The fourth-order valence-electron chi connectivity index (χ4n) is 3.18. The molecule has 0 saturated carbocycles. The van der Waals surface area contributed by atoms with E-state index in [-0.39, 0.29) is 5.75 Å². The molecular formula is C21H36N4O3S. The summed E-state index contributed by atoms with van der Waals surface area (Å²) in [6.45, 7) is 9.49. The smallest absolute Gasteiger partial charge is 0.194 e. The second-order valence-corrected chi connectivity index (χ2v) is 11.1. The first kappa shape index (κ1) is 23.5. The molecule has 1 aromatic carbocycles. The molecular weight excluding hydrogens is 388 g/mol. The third-order valence-corrected chi connectivity index (χ3v) is 7.56. The van der Waals surface area contributed by atoms with Gasteiger partial charge in [-0.25, -0.2) is 13.4 Å². The zero-order valence-electron chi connectivity index (χ0n) is 18.4. The highest BCUT2D eigenvalue weighted by Crippen LogP contribution is 2.24. The third-order valence-electron chi connectivity index (χ3n) is 5.03. The van der Waals surface area contributed by atoms with Crippen molar-refractivity contribution in [3.8, 4) is 5.75 Å². The lowest BCUT2D eigenvalue weighted by molar-refractivity contribution is 0.281. The van der Waals surface area contributed by atoms with Gasteiger partial charge >= 0.3 is 0 Å². The van der Waals surface area contributed by atoms with Crippen LogP contribution in [0.3, 0.4) is 0 Å². The number of benzene rings is 1. The van der Waals surface area contributed by atoms with Crippen molar-refractivity contribution in [2.75, 3.05) is 52.6 Å². The fraction of sp³-hybridized carbons (Fsp3) is 0.667. The van der Waals surface area contributed by atoms with Crippen molar-refractivity contribution in [3.05, 3.63) is 29.8 Å². The van der Waals surface area contributed by atoms with Gasteiger partial charge in [0.1, 0.15) is 5.75 Å². The quantitative estimate of drug-likeness (QED) is 0.391. The monoisotopic (exact) mass is 424 g/mol. The van der Waals surface area contributed by atoms with E-state index in [0.29, 0.717) is 26.2 Å². The SMILES string of the molecule is CCNC(=NCc1ccc(OCCCN(C)C)cc1)N1CCS(=O)(=O)C(C)(C)C1. The van der Waals surface area contributed by atoms with Crippen LogP contribution in [0.25, 0.3) is 0 Å². The zero-order chi connectivity index (χ0) is 21.5. The Kier molecular flexibility index (Phi) is 8.34. The lowest BCUT2D eigenvalue weighted by Crippen LogP contribution is -2.57. The van der Waals surface area contributed by atoms with Crippen LogP contribution in [-0.2, 0) is 16.4 Å². The van der Waals surface area contributed by atoms with Crippen molar-refractivity contribution in [1.29, 1.82) is 0 Å². The fourth-order valence-corrected chi connectivity index (χ4v) is 4.54. The number of ether oxygens (including phenoxy) is 1. The molecule has 8 heteroatoms. The molecule has 1 aromatic rings. The summed E-state index contributed by atoms with van der Waals surface area (Å²) in [7, 11) is 1.04. The molecule has 1 fully saturated rings. The largest absolute Gasteiger partial charge is 0.494 e. The molecule has 0 spiro atoms. The van der Waals surface area contributed by atoms with E-state index in [4.69, 9.17) is 9.73 Å². The van der Waals surface area contributed by atoms with E-state index in [1.807, 2.05) is 36.1 Å². The molecule has 0 radical (unpaired) electrons. The van der Waals surface area contributed by atoms with Gasteiger partial charge in [0.25, 0.3) is 0 Å². The van der Waals surface area contributed by atoms with E-state index >= 15 is 0 Å². The van der Waals surface area contributed by atoms with Crippen molar-refractivity contribution in [3.63, 3.8) is 0 Å². The number of rotatable bonds is 8. The molecule has 7 nitrogen and oxygen atoms in total. The third kappa shape index (κ3) is 6.89. The van der Waals surface area contributed by atoms with Gasteiger partial charge in [0, 0.05) is 26.2 Å². The molecule has 1 saturated heterocycles. The molecule has 0 amide bonds. The number of hydrogen-bond acceptors (Lipinski definition) is 5. The van der Waals surface area contributed by atoms with E-state index in [9.17, 15) is 8.42 Å². The van der Waals surface area contributed by atoms with Crippen LogP contribution >= 0.6 is 0 Å². The average molecular weight is 425 g/mol. The van der Waals surface area contributed by atoms with Gasteiger partial charge in [-0.05, 0) is 59.0 Å². The number of hydrogen-bond donors (Lipinski definition) is 1. The highest BCUT2D eigenvalue weighted by atomic mass is 32.2. The van der Waals surface area contributed by atoms with Crippen LogP contribution in [0.4, 0.5) is 0 Å². The van der Waals surface area contributed by atoms with Crippen molar-refractivity contribution in [1.82, 2.24) is 15.1 Å². The van der Waals surface area contributed by atoms with E-state index in [1.165, 1.54) is 0 Å². The number of guanidine groups is 1. The molecule has 1 aliphatic heterocycles. The van der Waals surface area contributed by atoms with Crippen molar-refractivity contribution >= 4 is 15.8 Å². The first-order valence-corrected chi connectivity index (χ1v) is 11.9. The standard InChI is InChI=1S/C21H36N4O3S/c1-6-22-20(25-13-15-29(26,27)21(2,3)17-25)23-16-18-8-10-19(11-9-18)28-14-7-12-24(4)5/h8-11H,6-7,12-17H2,1-5H3,(H,22,23). The van der Waals surface area contributed by atoms with Gasteiger partial charge in [0.2, 0.25) is 0 Å². The highest BCUT2D eigenvalue weighted by Gasteiger charge is 2.40. The predicted octanol–water partition coefficient (Wildman–Crippen LogP) is 1.99. The molecule has 1 aliphatic rings. The normalized spacial score (nSPS) is 18.7. The van der Waals surface area contributed by atoms with Gasteiger partial charge in [-0.1, -0.05) is 12.1 Å². The topological polar surface area (TPSA) is 74.2 Å². The highest BCUT2D eigenvalue weighted by molar-refractivity contribution is 7.92. The number of nitrogens with one attached hydrogen (secondary N) is 1. The maximum atomic E-state index is 12.3. The minimum Gasteiger partial charge on any atom is -0.494 e. The van der Waals surface area contributed by atoms with Crippen molar-refractivity contribution in [2.45, 2.75) is 38.5 Å². The van der Waals surface area contributed by atoms with Gasteiger partial charge in [0.05, 0.1) is 23.7 Å². The summed E-state index contributed by atoms with van der Waals surface area (Å²) in [5.74, 6) is 1.79. The molecule has 29 heavy (non-hydrogen) atoms. The first-order chi connectivity index (χ1) is 13.6. The molecule has 0 bridgehead atoms. The summed E-state index contributed by atoms with van der Waals surface area (Å²) in [5.41, 5.74) is 1.09. The number of sulfone groups is 1.